The molecule has 116 valence electrons. The van der Waals surface area contributed by atoms with Gasteiger partial charge in [0.15, 0.2) is 11.5 Å². The van der Waals surface area contributed by atoms with Crippen molar-refractivity contribution in [2.24, 2.45) is 0 Å². The maximum Gasteiger partial charge on any atom is 0.164 e. The minimum atomic E-state index is 0.152. The third kappa shape index (κ3) is 3.69. The van der Waals surface area contributed by atoms with Gasteiger partial charge in [0.25, 0.3) is 0 Å². The van der Waals surface area contributed by atoms with E-state index < -0.39 is 0 Å². The van der Waals surface area contributed by atoms with Crippen LogP contribution in [-0.4, -0.2) is 39.0 Å². The van der Waals surface area contributed by atoms with Crippen molar-refractivity contribution in [3.63, 3.8) is 0 Å². The molecule has 2 atom stereocenters. The fourth-order valence-corrected chi connectivity index (χ4v) is 3.15. The molecule has 0 aromatic heterocycles. The van der Waals surface area contributed by atoms with Crippen LogP contribution in [0.15, 0.2) is 18.2 Å². The summed E-state index contributed by atoms with van der Waals surface area (Å²) < 4.78 is 17.1. The Hall–Kier alpha value is -1.26. The molecule has 21 heavy (non-hydrogen) atoms. The molecule has 2 heterocycles. The molecule has 2 aliphatic heterocycles. The normalized spacial score (nSPS) is 25.8. The van der Waals surface area contributed by atoms with Gasteiger partial charge in [-0.15, -0.1) is 0 Å². The highest BCUT2D eigenvalue weighted by molar-refractivity contribution is 5.47. The molecule has 2 fully saturated rings. The van der Waals surface area contributed by atoms with Gasteiger partial charge in [-0.05, 0) is 37.4 Å². The Balaban J connectivity index is 1.76. The van der Waals surface area contributed by atoms with Crippen molar-refractivity contribution in [3.8, 4) is 11.5 Å². The zero-order chi connectivity index (χ0) is 14.5. The minimum absolute atomic E-state index is 0.152. The van der Waals surface area contributed by atoms with Gasteiger partial charge in [-0.25, -0.2) is 0 Å². The smallest absolute Gasteiger partial charge is 0.164 e. The molecule has 2 saturated heterocycles. The van der Waals surface area contributed by atoms with Gasteiger partial charge in [0.05, 0.1) is 20.3 Å². The van der Waals surface area contributed by atoms with Crippen molar-refractivity contribution < 1.29 is 14.2 Å². The molecule has 4 heteroatoms. The van der Waals surface area contributed by atoms with Crippen LogP contribution in [0.1, 0.15) is 31.2 Å². The zero-order valence-corrected chi connectivity index (χ0v) is 12.8. The Morgan fingerprint density at radius 3 is 2.95 bits per heavy atom. The lowest BCUT2D eigenvalue weighted by atomic mass is 9.97. The second-order valence-corrected chi connectivity index (χ2v) is 5.90. The van der Waals surface area contributed by atoms with Crippen LogP contribution in [0, 0.1) is 0 Å². The largest absolute Gasteiger partial charge is 0.493 e. The van der Waals surface area contributed by atoms with Crippen LogP contribution in [0.2, 0.25) is 0 Å². The lowest BCUT2D eigenvalue weighted by Crippen LogP contribution is -2.35. The number of piperidine rings is 1. The Morgan fingerprint density at radius 2 is 2.24 bits per heavy atom. The van der Waals surface area contributed by atoms with Crippen molar-refractivity contribution >= 4 is 0 Å². The summed E-state index contributed by atoms with van der Waals surface area (Å²) in [5.74, 6) is 1.73. The van der Waals surface area contributed by atoms with E-state index >= 15 is 0 Å². The molecule has 0 amide bonds. The first kappa shape index (κ1) is 14.7. The van der Waals surface area contributed by atoms with E-state index in [1.165, 1.54) is 24.8 Å². The van der Waals surface area contributed by atoms with Crippen LogP contribution < -0.4 is 14.8 Å². The average molecular weight is 291 g/mol. The van der Waals surface area contributed by atoms with Gasteiger partial charge in [-0.3, -0.25) is 0 Å². The quantitative estimate of drug-likeness (QED) is 0.905. The van der Waals surface area contributed by atoms with E-state index in [0.29, 0.717) is 12.6 Å². The first-order chi connectivity index (χ1) is 10.4. The van der Waals surface area contributed by atoms with E-state index in [0.717, 1.165) is 37.5 Å². The maximum absolute atomic E-state index is 6.19. The van der Waals surface area contributed by atoms with Crippen molar-refractivity contribution in [1.29, 1.82) is 0 Å². The van der Waals surface area contributed by atoms with Crippen LogP contribution in [0.25, 0.3) is 0 Å². The Labute approximate surface area is 126 Å². The summed E-state index contributed by atoms with van der Waals surface area (Å²) in [5.41, 5.74) is 1.24. The lowest BCUT2D eigenvalue weighted by Gasteiger charge is -2.25. The van der Waals surface area contributed by atoms with Gasteiger partial charge in [-0.1, -0.05) is 18.6 Å². The van der Waals surface area contributed by atoms with Crippen LogP contribution in [0.3, 0.4) is 0 Å². The first-order valence-corrected chi connectivity index (χ1v) is 8.00. The van der Waals surface area contributed by atoms with E-state index in [1.54, 1.807) is 7.11 Å². The second-order valence-electron chi connectivity index (χ2n) is 5.90. The molecule has 0 saturated carbocycles. The number of nitrogens with one attached hydrogen (secondary N) is 1. The number of hydrogen-bond acceptors (Lipinski definition) is 4. The molecule has 2 unspecified atom stereocenters. The molecule has 0 aliphatic carbocycles. The van der Waals surface area contributed by atoms with E-state index in [1.807, 2.05) is 6.07 Å². The summed E-state index contributed by atoms with van der Waals surface area (Å²) in [6.45, 7) is 2.60. The monoisotopic (exact) mass is 291 g/mol. The molecule has 0 bridgehead atoms. The number of para-hydroxylation sites is 1. The third-order valence-electron chi connectivity index (χ3n) is 4.33. The van der Waals surface area contributed by atoms with Crippen molar-refractivity contribution in [2.75, 3.05) is 26.9 Å². The summed E-state index contributed by atoms with van der Waals surface area (Å²) in [6, 6.07) is 6.73. The topological polar surface area (TPSA) is 39.7 Å². The van der Waals surface area contributed by atoms with Crippen molar-refractivity contribution in [1.82, 2.24) is 5.32 Å². The van der Waals surface area contributed by atoms with E-state index in [-0.39, 0.29) is 6.10 Å². The average Bonchev–Trinajstić information content (AvgIpc) is 3.03. The highest BCUT2D eigenvalue weighted by Crippen LogP contribution is 2.34. The molecule has 0 radical (unpaired) electrons. The Kier molecular flexibility index (Phi) is 4.99. The van der Waals surface area contributed by atoms with Crippen molar-refractivity contribution in [2.45, 2.75) is 44.2 Å². The maximum atomic E-state index is 6.19. The highest BCUT2D eigenvalue weighted by Gasteiger charge is 2.22. The molecule has 1 N–H and O–H groups in total. The summed E-state index contributed by atoms with van der Waals surface area (Å²) in [4.78, 5) is 0. The lowest BCUT2D eigenvalue weighted by molar-refractivity contribution is 0.137. The fourth-order valence-electron chi connectivity index (χ4n) is 3.15. The van der Waals surface area contributed by atoms with Gasteiger partial charge in [0.1, 0.15) is 6.10 Å². The minimum Gasteiger partial charge on any atom is -0.493 e. The number of ether oxygens (including phenoxy) is 3. The molecule has 1 aromatic carbocycles. The standard InChI is InChI=1S/C17H25NO3/c1-19-16-7-4-5-13(11-14-6-2-3-9-18-14)17(16)21-15-8-10-20-12-15/h4-5,7,14-15,18H,2-3,6,8-12H2,1H3. The predicted octanol–water partition coefficient (Wildman–Crippen LogP) is 2.55. The molecule has 0 spiro atoms. The van der Waals surface area contributed by atoms with Crippen LogP contribution in [0.4, 0.5) is 0 Å². The third-order valence-corrected chi connectivity index (χ3v) is 4.33. The predicted molar refractivity (Wildman–Crippen MR) is 82.2 cm³/mol. The summed E-state index contributed by atoms with van der Waals surface area (Å²) in [6.07, 6.45) is 5.95. The molecule has 2 aliphatic rings. The Bertz CT molecular complexity index is 451. The van der Waals surface area contributed by atoms with Gasteiger partial charge >= 0.3 is 0 Å². The van der Waals surface area contributed by atoms with Crippen molar-refractivity contribution in [3.05, 3.63) is 23.8 Å². The molecule has 3 rings (SSSR count). The van der Waals surface area contributed by atoms with Crippen LogP contribution >= 0.6 is 0 Å². The number of hydrogen-bond donors (Lipinski definition) is 1. The fraction of sp³-hybridized carbons (Fsp3) is 0.647. The van der Waals surface area contributed by atoms with Gasteiger partial charge < -0.3 is 19.5 Å². The highest BCUT2D eigenvalue weighted by atomic mass is 16.6. The summed E-state index contributed by atoms with van der Waals surface area (Å²) in [5, 5.41) is 3.60. The molecule has 4 nitrogen and oxygen atoms in total. The van der Waals surface area contributed by atoms with E-state index in [2.05, 4.69) is 17.4 Å². The summed E-state index contributed by atoms with van der Waals surface area (Å²) >= 11 is 0. The van der Waals surface area contributed by atoms with Crippen LogP contribution in [-0.2, 0) is 11.2 Å². The number of rotatable bonds is 5. The van der Waals surface area contributed by atoms with Gasteiger partial charge in [-0.2, -0.15) is 0 Å². The molecular weight excluding hydrogens is 266 g/mol. The molecule has 1 aromatic rings. The molecular formula is C17H25NO3. The first-order valence-electron chi connectivity index (χ1n) is 8.00. The zero-order valence-electron chi connectivity index (χ0n) is 12.8. The van der Waals surface area contributed by atoms with Crippen LogP contribution in [0.5, 0.6) is 11.5 Å². The SMILES string of the molecule is COc1cccc(CC2CCCCN2)c1OC1CCOC1. The second kappa shape index (κ2) is 7.14. The van der Waals surface area contributed by atoms with E-state index in [9.17, 15) is 0 Å². The number of benzene rings is 1. The van der Waals surface area contributed by atoms with E-state index in [4.69, 9.17) is 14.2 Å². The Morgan fingerprint density at radius 1 is 1.29 bits per heavy atom. The summed E-state index contributed by atoms with van der Waals surface area (Å²) in [7, 11) is 1.70. The number of methoxy groups -OCH3 is 1. The van der Waals surface area contributed by atoms with Gasteiger partial charge in [0.2, 0.25) is 0 Å². The van der Waals surface area contributed by atoms with Gasteiger partial charge in [0, 0.05) is 12.5 Å².